The molecule has 1 fully saturated rings. The largest absolute Gasteiger partial charge is 0.379 e. The molecule has 0 spiro atoms. The van der Waals surface area contributed by atoms with Crippen LogP contribution in [-0.2, 0) is 4.74 Å². The number of amides is 1. The Labute approximate surface area is 192 Å². The normalized spacial score (nSPS) is 14.8. The van der Waals surface area contributed by atoms with Crippen molar-refractivity contribution in [1.82, 2.24) is 9.88 Å². The summed E-state index contributed by atoms with van der Waals surface area (Å²) in [5.74, 6) is 0.0176. The van der Waals surface area contributed by atoms with Crippen LogP contribution in [0.2, 0.25) is 0 Å². The molecule has 164 valence electrons. The molecule has 0 saturated carbocycles. The number of thiazole rings is 1. The minimum absolute atomic E-state index is 0.0176. The number of ether oxygens (including phenoxy) is 1. The molecule has 0 N–H and O–H groups in total. The molecule has 1 saturated heterocycles. The van der Waals surface area contributed by atoms with E-state index in [-0.39, 0.29) is 5.91 Å². The Morgan fingerprint density at radius 1 is 1.13 bits per heavy atom. The van der Waals surface area contributed by atoms with Gasteiger partial charge in [-0.15, -0.1) is 11.8 Å². The van der Waals surface area contributed by atoms with Gasteiger partial charge in [0.2, 0.25) is 0 Å². The minimum atomic E-state index is 0.0176. The zero-order valence-corrected chi connectivity index (χ0v) is 20.0. The summed E-state index contributed by atoms with van der Waals surface area (Å²) >= 11 is 3.30. The van der Waals surface area contributed by atoms with Crippen LogP contribution in [0.5, 0.6) is 0 Å². The van der Waals surface area contributed by atoms with E-state index < -0.39 is 0 Å². The Morgan fingerprint density at radius 3 is 2.52 bits per heavy atom. The first kappa shape index (κ1) is 22.3. The van der Waals surface area contributed by atoms with E-state index in [1.807, 2.05) is 35.4 Å². The summed E-state index contributed by atoms with van der Waals surface area (Å²) in [6.07, 6.45) is 2.95. The lowest BCUT2D eigenvalue weighted by Gasteiger charge is -2.27. The van der Waals surface area contributed by atoms with E-state index in [2.05, 4.69) is 30.9 Å². The zero-order chi connectivity index (χ0) is 21.8. The van der Waals surface area contributed by atoms with Gasteiger partial charge in [-0.25, -0.2) is 4.98 Å². The molecule has 5 nitrogen and oxygen atoms in total. The monoisotopic (exact) mass is 455 g/mol. The number of benzene rings is 2. The summed E-state index contributed by atoms with van der Waals surface area (Å²) in [5, 5.41) is 0.785. The van der Waals surface area contributed by atoms with Crippen LogP contribution in [0, 0.1) is 13.8 Å². The third kappa shape index (κ3) is 5.12. The number of carbonyl (C=O) groups is 1. The van der Waals surface area contributed by atoms with Crippen molar-refractivity contribution in [2.24, 2.45) is 0 Å². The maximum absolute atomic E-state index is 13.5. The molecule has 2 heterocycles. The molecule has 1 amide bonds. The molecule has 0 aliphatic carbocycles. The Kier molecular flexibility index (Phi) is 7.27. The van der Waals surface area contributed by atoms with Crippen molar-refractivity contribution in [3.8, 4) is 0 Å². The highest BCUT2D eigenvalue weighted by molar-refractivity contribution is 7.98. The van der Waals surface area contributed by atoms with Crippen LogP contribution in [0.4, 0.5) is 5.13 Å². The highest BCUT2D eigenvalue weighted by atomic mass is 32.2. The number of anilines is 1. The summed E-state index contributed by atoms with van der Waals surface area (Å²) < 4.78 is 6.62. The summed E-state index contributed by atoms with van der Waals surface area (Å²) in [6, 6.07) is 12.1. The zero-order valence-electron chi connectivity index (χ0n) is 18.4. The van der Waals surface area contributed by atoms with Crippen molar-refractivity contribution in [3.63, 3.8) is 0 Å². The molecule has 31 heavy (non-hydrogen) atoms. The molecule has 7 heteroatoms. The molecule has 1 aliphatic heterocycles. The van der Waals surface area contributed by atoms with Gasteiger partial charge in [-0.2, -0.15) is 0 Å². The molecule has 3 aromatic rings. The van der Waals surface area contributed by atoms with Gasteiger partial charge >= 0.3 is 0 Å². The van der Waals surface area contributed by atoms with Gasteiger partial charge in [-0.05, 0) is 61.9 Å². The smallest absolute Gasteiger partial charge is 0.260 e. The van der Waals surface area contributed by atoms with Crippen molar-refractivity contribution in [1.29, 1.82) is 0 Å². The quantitative estimate of drug-likeness (QED) is 0.469. The number of nitrogens with zero attached hydrogens (tertiary/aromatic N) is 3. The van der Waals surface area contributed by atoms with Gasteiger partial charge in [0, 0.05) is 36.6 Å². The van der Waals surface area contributed by atoms with Crippen LogP contribution < -0.4 is 4.90 Å². The lowest BCUT2D eigenvalue weighted by atomic mass is 10.1. The summed E-state index contributed by atoms with van der Waals surface area (Å²) in [4.78, 5) is 23.9. The molecular weight excluding hydrogens is 426 g/mol. The number of aromatic nitrogens is 1. The van der Waals surface area contributed by atoms with E-state index in [1.165, 1.54) is 10.3 Å². The minimum Gasteiger partial charge on any atom is -0.379 e. The number of morpholine rings is 1. The summed E-state index contributed by atoms with van der Waals surface area (Å²) in [6.45, 7) is 9.31. The van der Waals surface area contributed by atoms with Crippen LogP contribution in [-0.4, -0.2) is 61.4 Å². The van der Waals surface area contributed by atoms with Gasteiger partial charge in [0.15, 0.2) is 5.13 Å². The molecule has 0 unspecified atom stereocenters. The highest BCUT2D eigenvalue weighted by Crippen LogP contribution is 2.34. The molecule has 0 atom stereocenters. The molecule has 1 aromatic heterocycles. The second-order valence-electron chi connectivity index (χ2n) is 7.87. The average molecular weight is 456 g/mol. The van der Waals surface area contributed by atoms with E-state index in [9.17, 15) is 4.79 Å². The predicted molar refractivity (Wildman–Crippen MR) is 131 cm³/mol. The van der Waals surface area contributed by atoms with Gasteiger partial charge in [-0.1, -0.05) is 23.5 Å². The Morgan fingerprint density at radius 2 is 1.84 bits per heavy atom. The Balaban J connectivity index is 1.60. The SMILES string of the molecule is CSc1ccc(C(=O)N(CCCN2CCOCC2)c2nc3c(C)ccc(C)c3s2)cc1. The fourth-order valence-corrected chi connectivity index (χ4v) is 5.36. The number of rotatable bonds is 7. The molecule has 1 aliphatic rings. The van der Waals surface area contributed by atoms with E-state index >= 15 is 0 Å². The second-order valence-corrected chi connectivity index (χ2v) is 9.72. The van der Waals surface area contributed by atoms with Crippen LogP contribution in [0.25, 0.3) is 10.2 Å². The van der Waals surface area contributed by atoms with Gasteiger partial charge in [0.1, 0.15) is 0 Å². The van der Waals surface area contributed by atoms with Crippen molar-refractivity contribution < 1.29 is 9.53 Å². The number of hydrogen-bond acceptors (Lipinski definition) is 6. The lowest BCUT2D eigenvalue weighted by molar-refractivity contribution is 0.0376. The van der Waals surface area contributed by atoms with Gasteiger partial charge in [0.05, 0.1) is 23.4 Å². The topological polar surface area (TPSA) is 45.7 Å². The number of fused-ring (bicyclic) bond motifs is 1. The number of hydrogen-bond donors (Lipinski definition) is 0. The fraction of sp³-hybridized carbons (Fsp3) is 0.417. The van der Waals surface area contributed by atoms with Crippen LogP contribution in [0.15, 0.2) is 41.3 Å². The van der Waals surface area contributed by atoms with Crippen LogP contribution >= 0.6 is 23.1 Å². The van der Waals surface area contributed by atoms with Gasteiger partial charge in [-0.3, -0.25) is 14.6 Å². The van der Waals surface area contributed by atoms with Crippen molar-refractivity contribution in [2.45, 2.75) is 25.2 Å². The first-order chi connectivity index (χ1) is 15.1. The van der Waals surface area contributed by atoms with Gasteiger partial charge in [0.25, 0.3) is 5.91 Å². The van der Waals surface area contributed by atoms with Crippen LogP contribution in [0.1, 0.15) is 27.9 Å². The van der Waals surface area contributed by atoms with E-state index in [4.69, 9.17) is 9.72 Å². The molecule has 2 aromatic carbocycles. The molecular formula is C24H29N3O2S2. The summed E-state index contributed by atoms with van der Waals surface area (Å²) in [7, 11) is 0. The van der Waals surface area contributed by atoms with Crippen molar-refractivity contribution >= 4 is 44.4 Å². The predicted octanol–water partition coefficient (Wildman–Crippen LogP) is 5.00. The summed E-state index contributed by atoms with van der Waals surface area (Å²) in [5.41, 5.74) is 4.06. The Hall–Kier alpha value is -1.93. The maximum Gasteiger partial charge on any atom is 0.260 e. The number of thioether (sulfide) groups is 1. The molecule has 0 bridgehead atoms. The lowest BCUT2D eigenvalue weighted by Crippen LogP contribution is -2.39. The van der Waals surface area contributed by atoms with Crippen molar-refractivity contribution in [2.75, 3.05) is 50.5 Å². The molecule has 0 radical (unpaired) electrons. The van der Waals surface area contributed by atoms with Gasteiger partial charge < -0.3 is 4.74 Å². The first-order valence-electron chi connectivity index (χ1n) is 10.7. The third-order valence-electron chi connectivity index (χ3n) is 5.70. The van der Waals surface area contributed by atoms with Crippen molar-refractivity contribution in [3.05, 3.63) is 53.1 Å². The third-order valence-corrected chi connectivity index (χ3v) is 7.66. The first-order valence-corrected chi connectivity index (χ1v) is 12.7. The number of carbonyl (C=O) groups excluding carboxylic acids is 1. The Bertz CT molecular complexity index is 1000. The highest BCUT2D eigenvalue weighted by Gasteiger charge is 2.22. The standard InChI is InChI=1S/C24H29N3O2S2/c1-17-5-6-18(2)22-21(17)25-24(31-22)27(12-4-11-26-13-15-29-16-14-26)23(28)19-7-9-20(30-3)10-8-19/h5-10H,4,11-16H2,1-3H3. The van der Waals surface area contributed by atoms with E-state index in [0.717, 1.165) is 60.4 Å². The van der Waals surface area contributed by atoms with Crippen LogP contribution in [0.3, 0.4) is 0 Å². The van der Waals surface area contributed by atoms with E-state index in [1.54, 1.807) is 23.1 Å². The average Bonchev–Trinajstić information content (AvgIpc) is 3.26. The van der Waals surface area contributed by atoms with E-state index in [0.29, 0.717) is 12.1 Å². The second kappa shape index (κ2) is 10.1. The maximum atomic E-state index is 13.5. The fourth-order valence-electron chi connectivity index (χ4n) is 3.81. The molecule has 4 rings (SSSR count). The number of aryl methyl sites for hydroxylation is 2.